The van der Waals surface area contributed by atoms with Crippen LogP contribution in [0.3, 0.4) is 0 Å². The van der Waals surface area contributed by atoms with E-state index in [4.69, 9.17) is 15.5 Å². The third-order valence-corrected chi connectivity index (χ3v) is 1.43. The Hall–Kier alpha value is -0.950. The SMILES string of the molecule is N#C/C(=C/O)c1ccc(O)cc1.[H-].[Na+]. The van der Waals surface area contributed by atoms with Gasteiger partial charge in [-0.15, -0.1) is 0 Å². The Labute approximate surface area is 99.7 Å². The van der Waals surface area contributed by atoms with E-state index in [1.165, 1.54) is 12.1 Å². The van der Waals surface area contributed by atoms with Crippen LogP contribution in [0.5, 0.6) is 5.75 Å². The minimum Gasteiger partial charge on any atom is -1.00 e. The van der Waals surface area contributed by atoms with Gasteiger partial charge >= 0.3 is 29.6 Å². The third kappa shape index (κ3) is 3.11. The van der Waals surface area contributed by atoms with Crippen LogP contribution in [0.1, 0.15) is 6.99 Å². The molecule has 0 spiro atoms. The van der Waals surface area contributed by atoms with Crippen molar-refractivity contribution in [2.75, 3.05) is 0 Å². The summed E-state index contributed by atoms with van der Waals surface area (Å²) in [6.07, 6.45) is 0.742. The topological polar surface area (TPSA) is 64.2 Å². The van der Waals surface area contributed by atoms with Gasteiger partial charge in [0.2, 0.25) is 0 Å². The molecule has 0 saturated carbocycles. The van der Waals surface area contributed by atoms with Crippen molar-refractivity contribution >= 4 is 5.57 Å². The fourth-order valence-electron chi connectivity index (χ4n) is 0.809. The molecule has 0 heterocycles. The first-order valence-electron chi connectivity index (χ1n) is 3.32. The van der Waals surface area contributed by atoms with Gasteiger partial charge in [-0.25, -0.2) is 0 Å². The number of aliphatic hydroxyl groups excluding tert-OH is 1. The molecule has 13 heavy (non-hydrogen) atoms. The molecule has 0 bridgehead atoms. The molecule has 1 rings (SSSR count). The fraction of sp³-hybridized carbons (Fsp3) is 0. The van der Waals surface area contributed by atoms with Crippen LogP contribution in [0.2, 0.25) is 0 Å². The third-order valence-electron chi connectivity index (χ3n) is 1.43. The molecule has 0 unspecified atom stereocenters. The summed E-state index contributed by atoms with van der Waals surface area (Å²) in [5.74, 6) is 0.133. The number of phenolic OH excluding ortho intramolecular Hbond substituents is 1. The van der Waals surface area contributed by atoms with Gasteiger partial charge < -0.3 is 11.6 Å². The monoisotopic (exact) mass is 185 g/mol. The van der Waals surface area contributed by atoms with Crippen LogP contribution in [0.25, 0.3) is 5.57 Å². The summed E-state index contributed by atoms with van der Waals surface area (Å²) in [7, 11) is 0. The Morgan fingerprint density at radius 1 is 1.38 bits per heavy atom. The van der Waals surface area contributed by atoms with E-state index in [1.807, 2.05) is 6.07 Å². The zero-order chi connectivity index (χ0) is 8.97. The second kappa shape index (κ2) is 5.65. The van der Waals surface area contributed by atoms with Crippen molar-refractivity contribution in [3.05, 3.63) is 36.1 Å². The van der Waals surface area contributed by atoms with Crippen LogP contribution in [0, 0.1) is 11.3 Å². The van der Waals surface area contributed by atoms with E-state index < -0.39 is 0 Å². The summed E-state index contributed by atoms with van der Waals surface area (Å²) in [6.45, 7) is 0. The van der Waals surface area contributed by atoms with Crippen molar-refractivity contribution in [2.45, 2.75) is 0 Å². The van der Waals surface area contributed by atoms with E-state index in [2.05, 4.69) is 0 Å². The summed E-state index contributed by atoms with van der Waals surface area (Å²) in [5.41, 5.74) is 0.757. The number of benzene rings is 1. The van der Waals surface area contributed by atoms with E-state index in [0.717, 1.165) is 6.26 Å². The van der Waals surface area contributed by atoms with Gasteiger partial charge in [0.15, 0.2) is 0 Å². The maximum absolute atomic E-state index is 8.92. The molecule has 0 amide bonds. The predicted molar refractivity (Wildman–Crippen MR) is 45.4 cm³/mol. The molecule has 1 aromatic rings. The Bertz CT molecular complexity index is 343. The number of phenols is 1. The number of aromatic hydroxyl groups is 1. The van der Waals surface area contributed by atoms with Crippen LogP contribution in [0.4, 0.5) is 0 Å². The number of aliphatic hydroxyl groups is 1. The van der Waals surface area contributed by atoms with Gasteiger partial charge in [-0.3, -0.25) is 0 Å². The molecule has 3 nitrogen and oxygen atoms in total. The van der Waals surface area contributed by atoms with Crippen LogP contribution < -0.4 is 29.6 Å². The molecule has 62 valence electrons. The number of nitrogens with zero attached hydrogens (tertiary/aromatic N) is 1. The first kappa shape index (κ1) is 12.0. The molecule has 1 aromatic carbocycles. The fourth-order valence-corrected chi connectivity index (χ4v) is 0.809. The van der Waals surface area contributed by atoms with Crippen LogP contribution in [-0.2, 0) is 0 Å². The van der Waals surface area contributed by atoms with E-state index in [9.17, 15) is 0 Å². The van der Waals surface area contributed by atoms with Crippen molar-refractivity contribution in [2.24, 2.45) is 0 Å². The van der Waals surface area contributed by atoms with Crippen LogP contribution in [0.15, 0.2) is 30.5 Å². The molecule has 0 aliphatic carbocycles. The van der Waals surface area contributed by atoms with Gasteiger partial charge in [0.05, 0.1) is 11.8 Å². The van der Waals surface area contributed by atoms with Crippen LogP contribution >= 0.6 is 0 Å². The number of allylic oxidation sites excluding steroid dienone is 1. The molecular formula is C9H8NNaO2. The summed E-state index contributed by atoms with van der Waals surface area (Å²) < 4.78 is 0. The van der Waals surface area contributed by atoms with E-state index in [1.54, 1.807) is 12.1 Å². The number of hydrogen-bond acceptors (Lipinski definition) is 3. The first-order chi connectivity index (χ1) is 5.77. The maximum atomic E-state index is 8.92. The second-order valence-corrected chi connectivity index (χ2v) is 2.20. The average molecular weight is 185 g/mol. The summed E-state index contributed by atoms with van der Waals surface area (Å²) >= 11 is 0. The van der Waals surface area contributed by atoms with Crippen molar-refractivity contribution in [3.8, 4) is 11.8 Å². The summed E-state index contributed by atoms with van der Waals surface area (Å²) in [6, 6.07) is 7.84. The zero-order valence-electron chi connectivity index (χ0n) is 8.23. The minimum absolute atomic E-state index is 0. The predicted octanol–water partition coefficient (Wildman–Crippen LogP) is -1.07. The van der Waals surface area contributed by atoms with Gasteiger partial charge in [0.25, 0.3) is 0 Å². The molecule has 0 fully saturated rings. The molecule has 0 saturated heterocycles. The van der Waals surface area contributed by atoms with Crippen molar-refractivity contribution in [1.82, 2.24) is 0 Å². The molecule has 0 aliphatic rings. The van der Waals surface area contributed by atoms with Crippen molar-refractivity contribution in [1.29, 1.82) is 5.26 Å². The molecule has 2 N–H and O–H groups in total. The standard InChI is InChI=1S/C9H7NO2.Na.H/c10-5-8(6-11)7-1-3-9(12)4-2-7;;/h1-4,6,11-12H;;/q;+1;-1/b8-6-;;. The smallest absolute Gasteiger partial charge is 1.00 e. The molecule has 0 radical (unpaired) electrons. The Balaban J connectivity index is 0. The quantitative estimate of drug-likeness (QED) is 0.332. The van der Waals surface area contributed by atoms with E-state index >= 15 is 0 Å². The second-order valence-electron chi connectivity index (χ2n) is 2.20. The Morgan fingerprint density at radius 2 is 1.92 bits per heavy atom. The van der Waals surface area contributed by atoms with Crippen LogP contribution in [-0.4, -0.2) is 10.2 Å². The van der Waals surface area contributed by atoms with Gasteiger partial charge in [0, 0.05) is 0 Å². The van der Waals surface area contributed by atoms with Gasteiger partial charge in [0.1, 0.15) is 11.8 Å². The van der Waals surface area contributed by atoms with E-state index in [-0.39, 0.29) is 42.3 Å². The first-order valence-corrected chi connectivity index (χ1v) is 3.32. The summed E-state index contributed by atoms with van der Waals surface area (Å²) in [5, 5.41) is 26.0. The van der Waals surface area contributed by atoms with Gasteiger partial charge in [-0.2, -0.15) is 5.26 Å². The Morgan fingerprint density at radius 3 is 2.31 bits per heavy atom. The number of nitriles is 1. The minimum atomic E-state index is 0. The average Bonchev–Trinajstić information content (AvgIpc) is 2.10. The van der Waals surface area contributed by atoms with Crippen molar-refractivity contribution < 1.29 is 41.2 Å². The molecule has 0 atom stereocenters. The maximum Gasteiger partial charge on any atom is 1.00 e. The van der Waals surface area contributed by atoms with Gasteiger partial charge in [-0.05, 0) is 29.8 Å². The number of rotatable bonds is 1. The summed E-state index contributed by atoms with van der Waals surface area (Å²) in [4.78, 5) is 0. The largest absolute Gasteiger partial charge is 1.00 e. The molecule has 4 heteroatoms. The van der Waals surface area contributed by atoms with Gasteiger partial charge in [-0.1, -0.05) is 0 Å². The molecule has 0 aliphatic heterocycles. The molecule has 0 aromatic heterocycles. The number of hydrogen-bond donors (Lipinski definition) is 2. The van der Waals surface area contributed by atoms with Crippen molar-refractivity contribution in [3.63, 3.8) is 0 Å². The molecular weight excluding hydrogens is 177 g/mol. The zero-order valence-corrected chi connectivity index (χ0v) is 9.23. The Kier molecular flexibility index (Phi) is 5.24. The van der Waals surface area contributed by atoms with E-state index in [0.29, 0.717) is 5.56 Å². The normalized spacial score (nSPS) is 9.92.